The normalized spacial score (nSPS) is 13.1. The highest BCUT2D eigenvalue weighted by Gasteiger charge is 2.24. The van der Waals surface area contributed by atoms with Crippen molar-refractivity contribution in [1.82, 2.24) is 5.32 Å². The number of hydrogen-bond acceptors (Lipinski definition) is 2. The number of nitrogens with one attached hydrogen (secondary N) is 1. The molecule has 0 heterocycles. The minimum Gasteiger partial charge on any atom is -0.481 e. The summed E-state index contributed by atoms with van der Waals surface area (Å²) in [5.74, 6) is -1.36. The van der Waals surface area contributed by atoms with Crippen LogP contribution in [0.1, 0.15) is 48.4 Å². The first kappa shape index (κ1) is 17.7. The van der Waals surface area contributed by atoms with Crippen molar-refractivity contribution in [3.63, 3.8) is 0 Å². The molecule has 0 radical (unpaired) electrons. The van der Waals surface area contributed by atoms with E-state index in [4.69, 9.17) is 0 Å². The molecule has 0 aliphatic heterocycles. The highest BCUT2D eigenvalue weighted by Crippen LogP contribution is 2.24. The second kappa shape index (κ2) is 8.29. The van der Waals surface area contributed by atoms with E-state index in [1.54, 1.807) is 0 Å². The number of hydrogen-bond donors (Lipinski definition) is 2. The van der Waals surface area contributed by atoms with Gasteiger partial charge in [-0.3, -0.25) is 9.59 Å². The highest BCUT2D eigenvalue weighted by molar-refractivity contribution is 5.84. The summed E-state index contributed by atoms with van der Waals surface area (Å²) in [7, 11) is 0. The molecular formula is C20H23NO3. The summed E-state index contributed by atoms with van der Waals surface area (Å²) in [4.78, 5) is 24.0. The third-order valence-electron chi connectivity index (χ3n) is 4.19. The van der Waals surface area contributed by atoms with Crippen LogP contribution in [0.4, 0.5) is 0 Å². The Labute approximate surface area is 142 Å². The van der Waals surface area contributed by atoms with Crippen molar-refractivity contribution in [2.24, 2.45) is 0 Å². The zero-order valence-corrected chi connectivity index (χ0v) is 14.0. The van der Waals surface area contributed by atoms with Crippen LogP contribution in [0.5, 0.6) is 0 Å². The lowest BCUT2D eigenvalue weighted by Gasteiger charge is -2.23. The van der Waals surface area contributed by atoms with Gasteiger partial charge in [0.1, 0.15) is 0 Å². The van der Waals surface area contributed by atoms with Gasteiger partial charge in [0.2, 0.25) is 5.91 Å². The van der Waals surface area contributed by atoms with Crippen molar-refractivity contribution in [3.8, 4) is 0 Å². The van der Waals surface area contributed by atoms with Crippen LogP contribution in [-0.2, 0) is 9.59 Å². The molecule has 126 valence electrons. The Hall–Kier alpha value is -2.62. The van der Waals surface area contributed by atoms with Crippen molar-refractivity contribution in [2.45, 2.75) is 38.6 Å². The van der Waals surface area contributed by atoms with E-state index in [0.717, 1.165) is 16.7 Å². The number of aryl methyl sites for hydroxylation is 1. The van der Waals surface area contributed by atoms with Crippen LogP contribution in [0.3, 0.4) is 0 Å². The molecule has 2 rings (SSSR count). The van der Waals surface area contributed by atoms with Gasteiger partial charge in [0, 0.05) is 0 Å². The molecule has 2 unspecified atom stereocenters. The number of rotatable bonds is 7. The first-order valence-corrected chi connectivity index (χ1v) is 8.15. The van der Waals surface area contributed by atoms with Gasteiger partial charge in [-0.2, -0.15) is 0 Å². The standard InChI is InChI=1S/C20H23NO3/c1-3-16(15-10-5-4-6-11-15)20(24)21-18(13-19(22)23)17-12-8-7-9-14(17)2/h4-12,16,18H,3,13H2,1-2H3,(H,21,24)(H,22,23). The van der Waals surface area contributed by atoms with E-state index in [2.05, 4.69) is 5.32 Å². The van der Waals surface area contributed by atoms with Gasteiger partial charge >= 0.3 is 5.97 Å². The van der Waals surface area contributed by atoms with E-state index in [0.29, 0.717) is 6.42 Å². The van der Waals surface area contributed by atoms with Crippen molar-refractivity contribution in [3.05, 3.63) is 71.3 Å². The molecule has 2 aromatic carbocycles. The van der Waals surface area contributed by atoms with Gasteiger partial charge in [0.25, 0.3) is 0 Å². The Morgan fingerprint density at radius 2 is 1.67 bits per heavy atom. The zero-order chi connectivity index (χ0) is 17.5. The second-order valence-electron chi connectivity index (χ2n) is 5.89. The number of benzene rings is 2. The molecule has 0 saturated heterocycles. The zero-order valence-electron chi connectivity index (χ0n) is 14.0. The number of amides is 1. The second-order valence-corrected chi connectivity index (χ2v) is 5.89. The Kier molecular flexibility index (Phi) is 6.13. The summed E-state index contributed by atoms with van der Waals surface area (Å²) >= 11 is 0. The quantitative estimate of drug-likeness (QED) is 0.813. The molecule has 2 N–H and O–H groups in total. The van der Waals surface area contributed by atoms with Gasteiger partial charge in [-0.15, -0.1) is 0 Å². The van der Waals surface area contributed by atoms with Crippen LogP contribution < -0.4 is 5.32 Å². The Morgan fingerprint density at radius 3 is 2.25 bits per heavy atom. The largest absolute Gasteiger partial charge is 0.481 e. The van der Waals surface area contributed by atoms with Gasteiger partial charge in [-0.1, -0.05) is 61.5 Å². The van der Waals surface area contributed by atoms with Crippen LogP contribution in [0, 0.1) is 6.92 Å². The lowest BCUT2D eigenvalue weighted by Crippen LogP contribution is -2.34. The maximum absolute atomic E-state index is 12.7. The third kappa shape index (κ3) is 4.44. The van der Waals surface area contributed by atoms with Crippen molar-refractivity contribution in [2.75, 3.05) is 0 Å². The molecule has 0 aliphatic carbocycles. The molecule has 4 nitrogen and oxygen atoms in total. The third-order valence-corrected chi connectivity index (χ3v) is 4.19. The predicted octanol–water partition coefficient (Wildman–Crippen LogP) is 3.82. The lowest BCUT2D eigenvalue weighted by atomic mass is 9.93. The van der Waals surface area contributed by atoms with Gasteiger partial charge < -0.3 is 10.4 Å². The van der Waals surface area contributed by atoms with E-state index in [1.165, 1.54) is 0 Å². The van der Waals surface area contributed by atoms with Crippen LogP contribution in [0.15, 0.2) is 54.6 Å². The van der Waals surface area contributed by atoms with Crippen molar-refractivity contribution >= 4 is 11.9 Å². The fourth-order valence-corrected chi connectivity index (χ4v) is 2.92. The predicted molar refractivity (Wildman–Crippen MR) is 93.8 cm³/mol. The van der Waals surface area contributed by atoms with E-state index in [-0.39, 0.29) is 18.2 Å². The summed E-state index contributed by atoms with van der Waals surface area (Å²) in [5.41, 5.74) is 2.75. The van der Waals surface area contributed by atoms with Crippen LogP contribution in [0.25, 0.3) is 0 Å². The number of carbonyl (C=O) groups excluding carboxylic acids is 1. The fraction of sp³-hybridized carbons (Fsp3) is 0.300. The average molecular weight is 325 g/mol. The monoisotopic (exact) mass is 325 g/mol. The first-order valence-electron chi connectivity index (χ1n) is 8.15. The summed E-state index contributed by atoms with van der Waals surface area (Å²) < 4.78 is 0. The molecule has 4 heteroatoms. The van der Waals surface area contributed by atoms with Gasteiger partial charge in [-0.25, -0.2) is 0 Å². The van der Waals surface area contributed by atoms with Gasteiger partial charge in [0.05, 0.1) is 18.4 Å². The summed E-state index contributed by atoms with van der Waals surface area (Å²) in [6.45, 7) is 3.88. The highest BCUT2D eigenvalue weighted by atomic mass is 16.4. The molecule has 0 bridgehead atoms. The van der Waals surface area contributed by atoms with Crippen LogP contribution in [-0.4, -0.2) is 17.0 Å². The fourth-order valence-electron chi connectivity index (χ4n) is 2.92. The number of carboxylic acids is 1. The van der Waals surface area contributed by atoms with E-state index in [1.807, 2.05) is 68.4 Å². The summed E-state index contributed by atoms with van der Waals surface area (Å²) in [6.07, 6.45) is 0.519. The van der Waals surface area contributed by atoms with E-state index in [9.17, 15) is 14.7 Å². The lowest BCUT2D eigenvalue weighted by molar-refractivity contribution is -0.137. The summed E-state index contributed by atoms with van der Waals surface area (Å²) in [5, 5.41) is 12.1. The molecule has 1 amide bonds. The van der Waals surface area contributed by atoms with Crippen LogP contribution in [0.2, 0.25) is 0 Å². The molecule has 0 aromatic heterocycles. The topological polar surface area (TPSA) is 66.4 Å². The smallest absolute Gasteiger partial charge is 0.305 e. The molecule has 2 aromatic rings. The molecular weight excluding hydrogens is 302 g/mol. The Bertz CT molecular complexity index is 697. The molecule has 24 heavy (non-hydrogen) atoms. The number of carboxylic acid groups (broad SMARTS) is 1. The van der Waals surface area contributed by atoms with Crippen molar-refractivity contribution < 1.29 is 14.7 Å². The molecule has 0 spiro atoms. The molecule has 0 aliphatic rings. The van der Waals surface area contributed by atoms with E-state index < -0.39 is 12.0 Å². The van der Waals surface area contributed by atoms with Crippen molar-refractivity contribution in [1.29, 1.82) is 0 Å². The Morgan fingerprint density at radius 1 is 1.04 bits per heavy atom. The van der Waals surface area contributed by atoms with Crippen LogP contribution >= 0.6 is 0 Å². The Balaban J connectivity index is 2.24. The molecule has 2 atom stereocenters. The summed E-state index contributed by atoms with van der Waals surface area (Å²) in [6, 6.07) is 16.6. The minimum absolute atomic E-state index is 0.137. The van der Waals surface area contributed by atoms with Gasteiger partial charge in [0.15, 0.2) is 0 Å². The number of carbonyl (C=O) groups is 2. The van der Waals surface area contributed by atoms with E-state index >= 15 is 0 Å². The molecule has 0 fully saturated rings. The first-order chi connectivity index (χ1) is 11.5. The maximum Gasteiger partial charge on any atom is 0.305 e. The SMILES string of the molecule is CCC(C(=O)NC(CC(=O)O)c1ccccc1C)c1ccccc1. The maximum atomic E-state index is 12.7. The average Bonchev–Trinajstić information content (AvgIpc) is 2.56. The number of aliphatic carboxylic acids is 1. The minimum atomic E-state index is -0.934. The molecule has 0 saturated carbocycles. The van der Waals surface area contributed by atoms with Gasteiger partial charge in [-0.05, 0) is 30.0 Å².